The summed E-state index contributed by atoms with van der Waals surface area (Å²) >= 11 is 3.32. The Bertz CT molecular complexity index is 425. The van der Waals surface area contributed by atoms with E-state index in [1.807, 2.05) is 19.9 Å². The van der Waals surface area contributed by atoms with Crippen LogP contribution in [0.5, 0.6) is 5.88 Å². The molecule has 3 nitrogen and oxygen atoms in total. The highest BCUT2D eigenvalue weighted by atomic mass is 79.9. The first-order valence-corrected chi connectivity index (χ1v) is 7.14. The third kappa shape index (κ3) is 7.09. The standard InChI is InChI=1S/C13H18BrF3N2O/c1-9(2)18-7-10-6-11(14)8-19-12(10)20-5-3-4-13(15,16)17/h6,8-9,18H,3-5,7H2,1-2H3. The minimum Gasteiger partial charge on any atom is -0.477 e. The van der Waals surface area contributed by atoms with Gasteiger partial charge in [-0.1, -0.05) is 13.8 Å². The molecule has 1 heterocycles. The molecule has 0 unspecified atom stereocenters. The van der Waals surface area contributed by atoms with Crippen LogP contribution in [0.1, 0.15) is 32.3 Å². The SMILES string of the molecule is CC(C)NCc1cc(Br)cnc1OCCCC(F)(F)F. The van der Waals surface area contributed by atoms with Crippen molar-refractivity contribution in [2.24, 2.45) is 0 Å². The fraction of sp³-hybridized carbons (Fsp3) is 0.615. The summed E-state index contributed by atoms with van der Waals surface area (Å²) in [5, 5.41) is 3.22. The number of nitrogens with one attached hydrogen (secondary N) is 1. The quantitative estimate of drug-likeness (QED) is 0.749. The Labute approximate surface area is 125 Å². The van der Waals surface area contributed by atoms with Gasteiger partial charge < -0.3 is 10.1 Å². The van der Waals surface area contributed by atoms with E-state index in [0.717, 1.165) is 10.0 Å². The first kappa shape index (κ1) is 17.2. The molecule has 0 radical (unpaired) electrons. The molecule has 0 bridgehead atoms. The Morgan fingerprint density at radius 1 is 1.40 bits per heavy atom. The van der Waals surface area contributed by atoms with Gasteiger partial charge in [0.1, 0.15) is 0 Å². The predicted octanol–water partition coefficient (Wildman–Crippen LogP) is 4.06. The van der Waals surface area contributed by atoms with Crippen LogP contribution in [-0.2, 0) is 6.54 Å². The summed E-state index contributed by atoms with van der Waals surface area (Å²) in [7, 11) is 0. The lowest BCUT2D eigenvalue weighted by atomic mass is 10.2. The van der Waals surface area contributed by atoms with E-state index in [1.54, 1.807) is 6.20 Å². The smallest absolute Gasteiger partial charge is 0.389 e. The van der Waals surface area contributed by atoms with Gasteiger partial charge in [0.15, 0.2) is 0 Å². The Morgan fingerprint density at radius 3 is 2.70 bits per heavy atom. The van der Waals surface area contributed by atoms with Crippen molar-refractivity contribution in [3.05, 3.63) is 22.3 Å². The summed E-state index contributed by atoms with van der Waals surface area (Å²) in [5.74, 6) is 0.378. The highest BCUT2D eigenvalue weighted by Crippen LogP contribution is 2.23. The van der Waals surface area contributed by atoms with E-state index in [1.165, 1.54) is 0 Å². The van der Waals surface area contributed by atoms with Gasteiger partial charge in [-0.05, 0) is 28.4 Å². The molecule has 0 aliphatic heterocycles. The van der Waals surface area contributed by atoms with Crippen LogP contribution in [-0.4, -0.2) is 23.8 Å². The number of nitrogens with zero attached hydrogens (tertiary/aromatic N) is 1. The van der Waals surface area contributed by atoms with Crippen molar-refractivity contribution >= 4 is 15.9 Å². The maximum atomic E-state index is 12.0. The number of hydrogen-bond acceptors (Lipinski definition) is 3. The molecule has 7 heteroatoms. The molecule has 0 aliphatic carbocycles. The van der Waals surface area contributed by atoms with E-state index in [2.05, 4.69) is 26.2 Å². The van der Waals surface area contributed by atoms with Gasteiger partial charge in [-0.2, -0.15) is 13.2 Å². The number of halogens is 4. The van der Waals surface area contributed by atoms with Crippen molar-refractivity contribution in [1.82, 2.24) is 10.3 Å². The van der Waals surface area contributed by atoms with Crippen LogP contribution < -0.4 is 10.1 Å². The lowest BCUT2D eigenvalue weighted by molar-refractivity contribution is -0.136. The minimum absolute atomic E-state index is 0.00280. The van der Waals surface area contributed by atoms with Crippen molar-refractivity contribution in [2.75, 3.05) is 6.61 Å². The van der Waals surface area contributed by atoms with Crippen molar-refractivity contribution < 1.29 is 17.9 Å². The minimum atomic E-state index is -4.14. The summed E-state index contributed by atoms with van der Waals surface area (Å²) < 4.78 is 42.3. The van der Waals surface area contributed by atoms with Gasteiger partial charge in [-0.15, -0.1) is 0 Å². The summed E-state index contributed by atoms with van der Waals surface area (Å²) in [6.07, 6.45) is -3.49. The number of hydrogen-bond donors (Lipinski definition) is 1. The second kappa shape index (κ2) is 7.83. The second-order valence-corrected chi connectivity index (χ2v) is 5.64. The highest BCUT2D eigenvalue weighted by Gasteiger charge is 2.26. The first-order valence-electron chi connectivity index (χ1n) is 6.35. The van der Waals surface area contributed by atoms with Crippen LogP contribution in [0.25, 0.3) is 0 Å². The molecule has 0 aliphatic rings. The predicted molar refractivity (Wildman–Crippen MR) is 74.7 cm³/mol. The second-order valence-electron chi connectivity index (χ2n) is 4.72. The van der Waals surface area contributed by atoms with Crippen LogP contribution in [0, 0.1) is 0 Å². The molecule has 0 fully saturated rings. The van der Waals surface area contributed by atoms with Gasteiger partial charge in [0.05, 0.1) is 6.61 Å². The number of aromatic nitrogens is 1. The zero-order valence-electron chi connectivity index (χ0n) is 11.4. The molecule has 1 aromatic rings. The Hall–Kier alpha value is -0.820. The topological polar surface area (TPSA) is 34.2 Å². The third-order valence-electron chi connectivity index (χ3n) is 2.44. The summed E-state index contributed by atoms with van der Waals surface area (Å²) in [5.41, 5.74) is 0.820. The van der Waals surface area contributed by atoms with Crippen LogP contribution in [0.15, 0.2) is 16.7 Å². The van der Waals surface area contributed by atoms with Crippen molar-refractivity contribution in [3.63, 3.8) is 0 Å². The molecule has 0 saturated heterocycles. The fourth-order valence-corrected chi connectivity index (χ4v) is 1.86. The van der Waals surface area contributed by atoms with E-state index in [4.69, 9.17) is 4.74 Å². The van der Waals surface area contributed by atoms with Gasteiger partial charge in [0.2, 0.25) is 5.88 Å². The van der Waals surface area contributed by atoms with Crippen LogP contribution in [0.4, 0.5) is 13.2 Å². The number of ether oxygens (including phenoxy) is 1. The third-order valence-corrected chi connectivity index (χ3v) is 2.87. The van der Waals surface area contributed by atoms with Crippen molar-refractivity contribution in [2.45, 2.75) is 45.5 Å². The van der Waals surface area contributed by atoms with Crippen LogP contribution in [0.3, 0.4) is 0 Å². The maximum absolute atomic E-state index is 12.0. The molecule has 1 rings (SSSR count). The summed E-state index contributed by atoms with van der Waals surface area (Å²) in [4.78, 5) is 4.10. The fourth-order valence-electron chi connectivity index (χ4n) is 1.48. The van der Waals surface area contributed by atoms with Crippen molar-refractivity contribution in [1.29, 1.82) is 0 Å². The molecule has 0 aromatic carbocycles. The van der Waals surface area contributed by atoms with Gasteiger partial charge in [0, 0.05) is 35.2 Å². The summed E-state index contributed by atoms with van der Waals surface area (Å²) in [6.45, 7) is 4.58. The molecule has 0 atom stereocenters. The average molecular weight is 355 g/mol. The number of pyridine rings is 1. The molecule has 1 aromatic heterocycles. The van der Waals surface area contributed by atoms with Gasteiger partial charge in [0.25, 0.3) is 0 Å². The number of rotatable bonds is 7. The lowest BCUT2D eigenvalue weighted by Gasteiger charge is -2.13. The zero-order valence-corrected chi connectivity index (χ0v) is 13.0. The lowest BCUT2D eigenvalue weighted by Crippen LogP contribution is -2.22. The molecule has 114 valence electrons. The van der Waals surface area contributed by atoms with Gasteiger partial charge in [-0.3, -0.25) is 0 Å². The molecule has 0 spiro atoms. The normalized spacial score (nSPS) is 11.9. The average Bonchev–Trinajstić information content (AvgIpc) is 2.32. The first-order chi connectivity index (χ1) is 9.28. The Kier molecular flexibility index (Phi) is 6.75. The molecule has 0 saturated carbocycles. The van der Waals surface area contributed by atoms with E-state index >= 15 is 0 Å². The maximum Gasteiger partial charge on any atom is 0.389 e. The van der Waals surface area contributed by atoms with Crippen molar-refractivity contribution in [3.8, 4) is 5.88 Å². The van der Waals surface area contributed by atoms with Crippen LogP contribution in [0.2, 0.25) is 0 Å². The van der Waals surface area contributed by atoms with E-state index in [-0.39, 0.29) is 13.0 Å². The number of alkyl halides is 3. The van der Waals surface area contributed by atoms with Gasteiger partial charge in [-0.25, -0.2) is 4.98 Å². The molecular formula is C13H18BrF3N2O. The highest BCUT2D eigenvalue weighted by molar-refractivity contribution is 9.10. The molecule has 0 amide bonds. The zero-order chi connectivity index (χ0) is 15.2. The largest absolute Gasteiger partial charge is 0.477 e. The molecule has 20 heavy (non-hydrogen) atoms. The van der Waals surface area contributed by atoms with Gasteiger partial charge >= 0.3 is 6.18 Å². The Morgan fingerprint density at radius 2 is 2.10 bits per heavy atom. The van der Waals surface area contributed by atoms with E-state index in [9.17, 15) is 13.2 Å². The van der Waals surface area contributed by atoms with E-state index < -0.39 is 12.6 Å². The monoisotopic (exact) mass is 354 g/mol. The molecular weight excluding hydrogens is 337 g/mol. The summed E-state index contributed by atoms with van der Waals surface area (Å²) in [6, 6.07) is 2.15. The Balaban J connectivity index is 2.55. The van der Waals surface area contributed by atoms with Crippen LogP contribution >= 0.6 is 15.9 Å². The van der Waals surface area contributed by atoms with E-state index in [0.29, 0.717) is 18.5 Å². The molecule has 1 N–H and O–H groups in total.